The highest BCUT2D eigenvalue weighted by Crippen LogP contribution is 2.32. The van der Waals surface area contributed by atoms with Crippen LogP contribution in [0.5, 0.6) is 0 Å². The molecule has 174 valence electrons. The fraction of sp³-hybridized carbons (Fsp3) is 0.684. The number of carboxylic acids is 1. The summed E-state index contributed by atoms with van der Waals surface area (Å²) in [4.78, 5) is 37.8. The average molecular weight is 447 g/mol. The number of nitrogens with one attached hydrogen (secondary N) is 1. The summed E-state index contributed by atoms with van der Waals surface area (Å²) in [5.74, 6) is -1.96. The van der Waals surface area contributed by atoms with Crippen LogP contribution in [0.4, 0.5) is 13.2 Å². The molecule has 2 fully saturated rings. The van der Waals surface area contributed by atoms with Gasteiger partial charge in [-0.25, -0.2) is 4.79 Å². The Morgan fingerprint density at radius 1 is 1.23 bits per heavy atom. The number of rotatable bonds is 6. The lowest BCUT2D eigenvalue weighted by molar-refractivity contribution is -0.192. The summed E-state index contributed by atoms with van der Waals surface area (Å²) in [7, 11) is 3.78. The molecule has 3 rings (SSSR count). The molecular formula is C19H28F3N5O4. The van der Waals surface area contributed by atoms with E-state index in [9.17, 15) is 22.8 Å². The second kappa shape index (κ2) is 10.1. The van der Waals surface area contributed by atoms with E-state index in [0.29, 0.717) is 38.4 Å². The second-order valence-electron chi connectivity index (χ2n) is 8.06. The molecule has 1 aromatic rings. The summed E-state index contributed by atoms with van der Waals surface area (Å²) in [6, 6.07) is 1.85. The maximum atomic E-state index is 12.9. The van der Waals surface area contributed by atoms with Crippen LogP contribution in [-0.4, -0.2) is 88.9 Å². The maximum absolute atomic E-state index is 12.9. The third kappa shape index (κ3) is 6.94. The molecule has 0 spiro atoms. The molecule has 2 heterocycles. The quantitative estimate of drug-likeness (QED) is 0.672. The second-order valence-corrected chi connectivity index (χ2v) is 8.06. The van der Waals surface area contributed by atoms with E-state index in [4.69, 9.17) is 9.90 Å². The summed E-state index contributed by atoms with van der Waals surface area (Å²) in [5.41, 5.74) is -0.673. The van der Waals surface area contributed by atoms with Gasteiger partial charge in [0.05, 0.1) is 6.54 Å². The number of amides is 2. The molecule has 31 heavy (non-hydrogen) atoms. The van der Waals surface area contributed by atoms with Crippen molar-refractivity contribution in [1.82, 2.24) is 24.9 Å². The molecule has 0 aromatic carbocycles. The number of hydrogen-bond donors (Lipinski definition) is 2. The molecule has 1 saturated heterocycles. The first-order chi connectivity index (χ1) is 14.5. The van der Waals surface area contributed by atoms with Gasteiger partial charge in [0.1, 0.15) is 5.54 Å². The van der Waals surface area contributed by atoms with Crippen molar-refractivity contribution in [2.45, 2.75) is 37.4 Å². The van der Waals surface area contributed by atoms with Crippen molar-refractivity contribution in [2.24, 2.45) is 5.92 Å². The zero-order valence-corrected chi connectivity index (χ0v) is 17.6. The summed E-state index contributed by atoms with van der Waals surface area (Å²) in [5, 5.41) is 14.6. The van der Waals surface area contributed by atoms with Crippen molar-refractivity contribution in [1.29, 1.82) is 0 Å². The third-order valence-electron chi connectivity index (χ3n) is 5.25. The lowest BCUT2D eigenvalue weighted by Crippen LogP contribution is -2.57. The van der Waals surface area contributed by atoms with Crippen molar-refractivity contribution in [3.63, 3.8) is 0 Å². The number of likely N-dealkylation sites (tertiary alicyclic amines) is 1. The van der Waals surface area contributed by atoms with Gasteiger partial charge in [-0.1, -0.05) is 0 Å². The van der Waals surface area contributed by atoms with E-state index in [2.05, 4.69) is 10.4 Å². The number of aromatic nitrogens is 2. The first-order valence-corrected chi connectivity index (χ1v) is 9.97. The molecule has 0 radical (unpaired) electrons. The fourth-order valence-electron chi connectivity index (χ4n) is 3.30. The van der Waals surface area contributed by atoms with Gasteiger partial charge in [-0.15, -0.1) is 0 Å². The molecule has 1 saturated carbocycles. The van der Waals surface area contributed by atoms with Crippen molar-refractivity contribution < 1.29 is 32.7 Å². The van der Waals surface area contributed by atoms with Gasteiger partial charge in [0.15, 0.2) is 0 Å². The van der Waals surface area contributed by atoms with E-state index in [1.165, 1.54) is 12.8 Å². The van der Waals surface area contributed by atoms with E-state index >= 15 is 0 Å². The predicted octanol–water partition coefficient (Wildman–Crippen LogP) is 0.922. The number of carbonyl (C=O) groups excluding carboxylic acids is 2. The topological polar surface area (TPSA) is 108 Å². The third-order valence-corrected chi connectivity index (χ3v) is 5.25. The van der Waals surface area contributed by atoms with Crippen LogP contribution >= 0.6 is 0 Å². The van der Waals surface area contributed by atoms with Crippen LogP contribution in [0, 0.1) is 5.92 Å². The molecule has 9 nitrogen and oxygen atoms in total. The van der Waals surface area contributed by atoms with Crippen LogP contribution in [0.2, 0.25) is 0 Å². The van der Waals surface area contributed by atoms with Crippen LogP contribution < -0.4 is 5.32 Å². The number of carboxylic acid groups (broad SMARTS) is 1. The van der Waals surface area contributed by atoms with Crippen molar-refractivity contribution in [2.75, 3.05) is 40.3 Å². The Morgan fingerprint density at radius 3 is 2.23 bits per heavy atom. The van der Waals surface area contributed by atoms with Crippen LogP contribution in [0.25, 0.3) is 0 Å². The Morgan fingerprint density at radius 2 is 1.81 bits per heavy atom. The van der Waals surface area contributed by atoms with E-state index in [1.54, 1.807) is 10.9 Å². The Labute approximate surface area is 178 Å². The van der Waals surface area contributed by atoms with Crippen molar-refractivity contribution in [3.05, 3.63) is 18.5 Å². The minimum atomic E-state index is -5.08. The molecule has 1 aliphatic carbocycles. The van der Waals surface area contributed by atoms with Crippen molar-refractivity contribution >= 4 is 17.8 Å². The highest BCUT2D eigenvalue weighted by atomic mass is 19.4. The van der Waals surface area contributed by atoms with E-state index in [0.717, 1.165) is 6.54 Å². The molecular weight excluding hydrogens is 419 g/mol. The summed E-state index contributed by atoms with van der Waals surface area (Å²) in [6.45, 7) is 2.33. The van der Waals surface area contributed by atoms with E-state index in [-0.39, 0.29) is 11.8 Å². The number of piperidine rings is 1. The normalized spacial score (nSPS) is 18.2. The molecule has 2 N–H and O–H groups in total. The van der Waals surface area contributed by atoms with Gasteiger partial charge < -0.3 is 20.2 Å². The van der Waals surface area contributed by atoms with Gasteiger partial charge in [-0.05, 0) is 51.8 Å². The number of likely N-dealkylation sites (N-methyl/N-ethyl adjacent to an activating group) is 1. The van der Waals surface area contributed by atoms with Gasteiger partial charge in [0.25, 0.3) is 0 Å². The molecule has 0 atom stereocenters. The molecule has 1 aliphatic heterocycles. The minimum Gasteiger partial charge on any atom is -0.475 e. The first kappa shape index (κ1) is 24.6. The summed E-state index contributed by atoms with van der Waals surface area (Å²) in [6.07, 6.45) is 2.10. The SMILES string of the molecule is CN(C)CC(=O)N1CCC(C(=O)NCC2CC2)(n2cccn2)CC1.O=C(O)C(F)(F)F. The molecule has 0 bridgehead atoms. The average Bonchev–Trinajstić information content (AvgIpc) is 3.35. The lowest BCUT2D eigenvalue weighted by Gasteiger charge is -2.41. The van der Waals surface area contributed by atoms with Crippen LogP contribution in [0.3, 0.4) is 0 Å². The molecule has 2 amide bonds. The van der Waals surface area contributed by atoms with Gasteiger partial charge in [-0.3, -0.25) is 14.3 Å². The van der Waals surface area contributed by atoms with E-state index in [1.807, 2.05) is 36.2 Å². The zero-order valence-electron chi connectivity index (χ0n) is 17.6. The van der Waals surface area contributed by atoms with Gasteiger partial charge >= 0.3 is 12.1 Å². The number of aliphatic carboxylic acids is 1. The van der Waals surface area contributed by atoms with Gasteiger partial charge in [-0.2, -0.15) is 18.3 Å². The first-order valence-electron chi connectivity index (χ1n) is 9.97. The molecule has 12 heteroatoms. The predicted molar refractivity (Wildman–Crippen MR) is 104 cm³/mol. The Bertz CT molecular complexity index is 755. The highest BCUT2D eigenvalue weighted by molar-refractivity contribution is 5.85. The fourth-order valence-corrected chi connectivity index (χ4v) is 3.30. The summed E-state index contributed by atoms with van der Waals surface area (Å²) < 4.78 is 33.5. The lowest BCUT2D eigenvalue weighted by atomic mass is 9.86. The number of alkyl halides is 3. The smallest absolute Gasteiger partial charge is 0.475 e. The Balaban J connectivity index is 0.000000423. The monoisotopic (exact) mass is 447 g/mol. The number of nitrogens with zero attached hydrogens (tertiary/aromatic N) is 4. The minimum absolute atomic E-state index is 0.0396. The highest BCUT2D eigenvalue weighted by Gasteiger charge is 2.44. The Hall–Kier alpha value is -2.63. The number of hydrogen-bond acceptors (Lipinski definition) is 5. The molecule has 1 aromatic heterocycles. The summed E-state index contributed by atoms with van der Waals surface area (Å²) >= 11 is 0. The van der Waals surface area contributed by atoms with Crippen LogP contribution in [-0.2, 0) is 19.9 Å². The molecule has 0 unspecified atom stereocenters. The zero-order chi connectivity index (χ0) is 23.2. The van der Waals surface area contributed by atoms with Crippen LogP contribution in [0.15, 0.2) is 18.5 Å². The number of carbonyl (C=O) groups is 3. The standard InChI is InChI=1S/C17H27N5O2.C2HF3O2/c1-20(2)13-15(23)21-10-6-17(7-11-21,22-9-3-8-19-22)16(24)18-12-14-4-5-14;3-2(4,5)1(6)7/h3,8-9,14H,4-7,10-13H2,1-2H3,(H,18,24);(H,6,7). The largest absolute Gasteiger partial charge is 0.490 e. The van der Waals surface area contributed by atoms with Crippen LogP contribution in [0.1, 0.15) is 25.7 Å². The number of halogens is 3. The van der Waals surface area contributed by atoms with E-state index < -0.39 is 17.7 Å². The molecule has 2 aliphatic rings. The van der Waals surface area contributed by atoms with Crippen molar-refractivity contribution in [3.8, 4) is 0 Å². The maximum Gasteiger partial charge on any atom is 0.490 e. The Kier molecular flexibility index (Phi) is 8.04. The van der Waals surface area contributed by atoms with Gasteiger partial charge in [0.2, 0.25) is 11.8 Å². The van der Waals surface area contributed by atoms with Gasteiger partial charge in [0, 0.05) is 32.0 Å².